The van der Waals surface area contributed by atoms with Crippen LogP contribution < -0.4 is 0 Å². The highest BCUT2D eigenvalue weighted by atomic mass is 79.9. The van der Waals surface area contributed by atoms with E-state index in [1.165, 1.54) is 17.5 Å². The van der Waals surface area contributed by atoms with Crippen molar-refractivity contribution in [2.24, 2.45) is 4.40 Å². The summed E-state index contributed by atoms with van der Waals surface area (Å²) in [5, 5.41) is 0. The summed E-state index contributed by atoms with van der Waals surface area (Å²) in [5.41, 5.74) is 4.08. The summed E-state index contributed by atoms with van der Waals surface area (Å²) >= 11 is 3.57. The van der Waals surface area contributed by atoms with Crippen molar-refractivity contribution in [3.63, 3.8) is 0 Å². The lowest BCUT2D eigenvalue weighted by molar-refractivity contribution is 0.571. The zero-order valence-corrected chi connectivity index (χ0v) is 14.6. The van der Waals surface area contributed by atoms with E-state index in [9.17, 15) is 4.21 Å². The van der Waals surface area contributed by atoms with Gasteiger partial charge in [-0.3, -0.25) is 0 Å². The third-order valence-corrected chi connectivity index (χ3v) is 6.18. The Balaban J connectivity index is 1.97. The van der Waals surface area contributed by atoms with Crippen LogP contribution in [0.3, 0.4) is 0 Å². The molecule has 2 unspecified atom stereocenters. The van der Waals surface area contributed by atoms with Gasteiger partial charge in [0.05, 0.1) is 4.75 Å². The predicted molar refractivity (Wildman–Crippen MR) is 88.7 cm³/mol. The zero-order valence-electron chi connectivity index (χ0n) is 12.2. The van der Waals surface area contributed by atoms with Gasteiger partial charge >= 0.3 is 0 Å². The molecule has 1 saturated carbocycles. The molecule has 0 heterocycles. The molecule has 3 rings (SSSR count). The zero-order chi connectivity index (χ0) is 14.5. The smallest absolute Gasteiger partial charge is 0.144 e. The molecule has 1 spiro atoms. The first kappa shape index (κ1) is 14.5. The first-order valence-corrected chi connectivity index (χ1v) is 9.02. The van der Waals surface area contributed by atoms with Gasteiger partial charge in [-0.1, -0.05) is 22.0 Å². The molecule has 2 aliphatic rings. The van der Waals surface area contributed by atoms with E-state index < -0.39 is 11.0 Å². The summed E-state index contributed by atoms with van der Waals surface area (Å²) in [6.07, 6.45) is 4.49. The van der Waals surface area contributed by atoms with Crippen molar-refractivity contribution in [2.75, 3.05) is 0 Å². The van der Waals surface area contributed by atoms with Crippen molar-refractivity contribution < 1.29 is 4.21 Å². The van der Waals surface area contributed by atoms with E-state index >= 15 is 0 Å². The van der Waals surface area contributed by atoms with Crippen molar-refractivity contribution in [1.82, 2.24) is 0 Å². The molecule has 0 radical (unpaired) electrons. The number of halogens is 1. The normalized spacial score (nSPS) is 28.5. The highest BCUT2D eigenvalue weighted by Gasteiger charge is 2.54. The van der Waals surface area contributed by atoms with Crippen LogP contribution in [0.1, 0.15) is 51.2 Å². The molecule has 0 N–H and O–H groups in total. The predicted octanol–water partition coefficient (Wildman–Crippen LogP) is 4.33. The number of fused-ring (bicyclic) bond motifs is 2. The van der Waals surface area contributed by atoms with Crippen LogP contribution in [0, 0.1) is 0 Å². The molecule has 1 fully saturated rings. The van der Waals surface area contributed by atoms with E-state index in [0.717, 1.165) is 29.4 Å². The fraction of sp³-hybridized carbons (Fsp3) is 0.562. The second kappa shape index (κ2) is 4.77. The van der Waals surface area contributed by atoms with Crippen LogP contribution in [0.25, 0.3) is 0 Å². The Hall–Kier alpha value is -0.480. The van der Waals surface area contributed by atoms with Gasteiger partial charge in [-0.2, -0.15) is 4.40 Å². The standard InChI is InChI=1S/C16H20BrNOS/c1-15(2,3)20(19)18-14-10-16(14)8-4-5-11-6-7-12(17)9-13(11)16/h6-7,9H,4-5,8,10H2,1-3H3. The molecular weight excluding hydrogens is 334 g/mol. The maximum Gasteiger partial charge on any atom is 0.144 e. The molecule has 20 heavy (non-hydrogen) atoms. The molecule has 0 saturated heterocycles. The number of rotatable bonds is 1. The van der Waals surface area contributed by atoms with E-state index in [-0.39, 0.29) is 10.2 Å². The Labute approximate surface area is 131 Å². The molecule has 2 nitrogen and oxygen atoms in total. The van der Waals surface area contributed by atoms with Crippen LogP contribution in [0.2, 0.25) is 0 Å². The number of benzene rings is 1. The summed E-state index contributed by atoms with van der Waals surface area (Å²) in [4.78, 5) is 0. The Bertz CT molecular complexity index is 617. The summed E-state index contributed by atoms with van der Waals surface area (Å²) < 4.78 is 17.6. The number of hydrogen-bond donors (Lipinski definition) is 0. The minimum absolute atomic E-state index is 0.0955. The molecule has 0 bridgehead atoms. The largest absolute Gasteiger partial charge is 0.234 e. The number of aryl methyl sites for hydroxylation is 1. The Morgan fingerprint density at radius 3 is 2.80 bits per heavy atom. The van der Waals surface area contributed by atoms with E-state index in [1.807, 2.05) is 20.8 Å². The average molecular weight is 354 g/mol. The van der Waals surface area contributed by atoms with Crippen molar-refractivity contribution in [1.29, 1.82) is 0 Å². The highest BCUT2D eigenvalue weighted by molar-refractivity contribution is 9.10. The van der Waals surface area contributed by atoms with Crippen molar-refractivity contribution >= 4 is 32.6 Å². The van der Waals surface area contributed by atoms with E-state index in [0.29, 0.717) is 0 Å². The third kappa shape index (κ3) is 2.41. The molecule has 2 aliphatic carbocycles. The van der Waals surface area contributed by atoms with Gasteiger partial charge in [0, 0.05) is 22.0 Å². The Morgan fingerprint density at radius 1 is 1.35 bits per heavy atom. The summed E-state index contributed by atoms with van der Waals surface area (Å²) in [7, 11) is -1.14. The molecule has 0 amide bonds. The summed E-state index contributed by atoms with van der Waals surface area (Å²) in [5.74, 6) is 0. The van der Waals surface area contributed by atoms with E-state index in [4.69, 9.17) is 0 Å². The molecular formula is C16H20BrNOS. The van der Waals surface area contributed by atoms with Crippen LogP contribution >= 0.6 is 15.9 Å². The van der Waals surface area contributed by atoms with Crippen molar-refractivity contribution in [2.45, 2.75) is 56.6 Å². The van der Waals surface area contributed by atoms with Crippen LogP contribution in [0.15, 0.2) is 27.1 Å². The SMILES string of the molecule is CC(C)(C)S(=O)N=C1CC12CCCc1ccc(Br)cc12. The second-order valence-corrected chi connectivity index (χ2v) is 9.63. The molecule has 2 atom stereocenters. The van der Waals surface area contributed by atoms with Crippen molar-refractivity contribution in [3.05, 3.63) is 33.8 Å². The van der Waals surface area contributed by atoms with Gasteiger partial charge in [-0.25, -0.2) is 4.21 Å². The minimum atomic E-state index is -1.14. The average Bonchev–Trinajstić information content (AvgIpc) is 3.03. The maximum atomic E-state index is 12.2. The van der Waals surface area contributed by atoms with Gasteiger partial charge in [-0.05, 0) is 63.3 Å². The molecule has 0 aliphatic heterocycles. The van der Waals surface area contributed by atoms with Gasteiger partial charge in [0.25, 0.3) is 0 Å². The number of hydrogen-bond acceptors (Lipinski definition) is 1. The highest BCUT2D eigenvalue weighted by Crippen LogP contribution is 2.53. The van der Waals surface area contributed by atoms with E-state index in [2.05, 4.69) is 38.5 Å². The third-order valence-electron chi connectivity index (χ3n) is 4.25. The Kier molecular flexibility index (Phi) is 3.45. The lowest BCUT2D eigenvalue weighted by Crippen LogP contribution is -2.22. The number of nitrogens with zero attached hydrogens (tertiary/aromatic N) is 1. The van der Waals surface area contributed by atoms with Gasteiger partial charge in [0.1, 0.15) is 11.0 Å². The molecule has 0 aromatic heterocycles. The molecule has 4 heteroatoms. The lowest BCUT2D eigenvalue weighted by atomic mass is 9.80. The van der Waals surface area contributed by atoms with E-state index in [1.54, 1.807) is 0 Å². The topological polar surface area (TPSA) is 29.4 Å². The molecule has 1 aromatic carbocycles. The summed E-state index contributed by atoms with van der Waals surface area (Å²) in [6, 6.07) is 6.57. The second-order valence-electron chi connectivity index (χ2n) is 6.81. The van der Waals surface area contributed by atoms with Gasteiger partial charge < -0.3 is 0 Å². The minimum Gasteiger partial charge on any atom is -0.234 e. The Morgan fingerprint density at radius 2 is 2.10 bits per heavy atom. The lowest BCUT2D eigenvalue weighted by Gasteiger charge is -2.25. The molecule has 1 aromatic rings. The van der Waals surface area contributed by atoms with Gasteiger partial charge in [0.15, 0.2) is 0 Å². The first-order valence-electron chi connectivity index (χ1n) is 7.12. The fourth-order valence-corrected chi connectivity index (χ4v) is 4.08. The van der Waals surface area contributed by atoms with Crippen molar-refractivity contribution in [3.8, 4) is 0 Å². The van der Waals surface area contributed by atoms with Gasteiger partial charge in [-0.15, -0.1) is 0 Å². The van der Waals surface area contributed by atoms with Crippen LogP contribution in [0.5, 0.6) is 0 Å². The van der Waals surface area contributed by atoms with Crippen LogP contribution in [0.4, 0.5) is 0 Å². The fourth-order valence-electron chi connectivity index (χ4n) is 3.01. The quantitative estimate of drug-likeness (QED) is 0.738. The maximum absolute atomic E-state index is 12.2. The van der Waals surface area contributed by atoms with Crippen LogP contribution in [-0.4, -0.2) is 14.7 Å². The van der Waals surface area contributed by atoms with Crippen LogP contribution in [-0.2, 0) is 22.8 Å². The molecule has 108 valence electrons. The summed E-state index contributed by atoms with van der Waals surface area (Å²) in [6.45, 7) is 5.94. The van der Waals surface area contributed by atoms with Gasteiger partial charge in [0.2, 0.25) is 0 Å². The monoisotopic (exact) mass is 353 g/mol. The first-order chi connectivity index (χ1) is 9.33.